The average Bonchev–Trinajstić information content (AvgIpc) is 2.34. The Bertz CT molecular complexity index is 430. The van der Waals surface area contributed by atoms with Gasteiger partial charge in [-0.1, -0.05) is 20.8 Å². The van der Waals surface area contributed by atoms with Crippen molar-refractivity contribution in [1.82, 2.24) is 4.98 Å². The number of hydrogen-bond donors (Lipinski definition) is 1. The molecule has 1 aliphatic rings. The van der Waals surface area contributed by atoms with E-state index in [1.54, 1.807) is 19.5 Å². The fourth-order valence-corrected chi connectivity index (χ4v) is 3.07. The molecular formula is C15H23NO2. The first-order valence-electron chi connectivity index (χ1n) is 6.59. The van der Waals surface area contributed by atoms with Gasteiger partial charge in [0.25, 0.3) is 0 Å². The molecule has 3 nitrogen and oxygen atoms in total. The Morgan fingerprint density at radius 1 is 1.33 bits per heavy atom. The molecule has 1 aromatic heterocycles. The van der Waals surface area contributed by atoms with Gasteiger partial charge in [-0.15, -0.1) is 0 Å². The lowest BCUT2D eigenvalue weighted by Crippen LogP contribution is -2.41. The zero-order chi connectivity index (χ0) is 13.4. The van der Waals surface area contributed by atoms with Crippen molar-refractivity contribution >= 4 is 0 Å². The first kappa shape index (κ1) is 13.3. The first-order valence-corrected chi connectivity index (χ1v) is 6.59. The first-order chi connectivity index (χ1) is 8.37. The summed E-state index contributed by atoms with van der Waals surface area (Å²) < 4.78 is 5.19. The number of methoxy groups -OCH3 is 1. The molecule has 0 aliphatic heterocycles. The van der Waals surface area contributed by atoms with Crippen LogP contribution in [0.15, 0.2) is 18.5 Å². The number of ether oxygens (including phenoxy) is 1. The Kier molecular flexibility index (Phi) is 3.37. The molecule has 0 saturated heterocycles. The van der Waals surface area contributed by atoms with Gasteiger partial charge in [0, 0.05) is 11.8 Å². The Balaban J connectivity index is 2.30. The summed E-state index contributed by atoms with van der Waals surface area (Å²) >= 11 is 0. The van der Waals surface area contributed by atoms with E-state index in [1.165, 1.54) is 0 Å². The van der Waals surface area contributed by atoms with Crippen molar-refractivity contribution < 1.29 is 9.84 Å². The second-order valence-corrected chi connectivity index (χ2v) is 6.31. The topological polar surface area (TPSA) is 42.4 Å². The number of pyridine rings is 1. The van der Waals surface area contributed by atoms with Crippen molar-refractivity contribution in [3.63, 3.8) is 0 Å². The molecule has 0 radical (unpaired) electrons. The van der Waals surface area contributed by atoms with Crippen LogP contribution in [-0.4, -0.2) is 17.2 Å². The van der Waals surface area contributed by atoms with Crippen molar-refractivity contribution in [2.75, 3.05) is 7.11 Å². The van der Waals surface area contributed by atoms with Crippen LogP contribution in [0, 0.1) is 11.3 Å². The number of nitrogens with zero attached hydrogens (tertiary/aromatic N) is 1. The van der Waals surface area contributed by atoms with Crippen LogP contribution in [0.2, 0.25) is 0 Å². The highest BCUT2D eigenvalue weighted by Gasteiger charge is 2.43. The van der Waals surface area contributed by atoms with Crippen molar-refractivity contribution in [3.05, 3.63) is 24.0 Å². The van der Waals surface area contributed by atoms with Crippen molar-refractivity contribution in [2.45, 2.75) is 45.6 Å². The van der Waals surface area contributed by atoms with Crippen LogP contribution in [0.1, 0.15) is 45.6 Å². The van der Waals surface area contributed by atoms with E-state index in [-0.39, 0.29) is 5.92 Å². The quantitative estimate of drug-likeness (QED) is 0.875. The minimum absolute atomic E-state index is 0.232. The number of rotatable bonds is 2. The maximum Gasteiger partial charge on any atom is 0.137 e. The van der Waals surface area contributed by atoms with E-state index in [2.05, 4.69) is 25.8 Å². The van der Waals surface area contributed by atoms with E-state index < -0.39 is 5.60 Å². The van der Waals surface area contributed by atoms with Crippen LogP contribution in [0.3, 0.4) is 0 Å². The number of aromatic nitrogens is 1. The molecular weight excluding hydrogens is 226 g/mol. The van der Waals surface area contributed by atoms with Crippen LogP contribution < -0.4 is 4.74 Å². The zero-order valence-corrected chi connectivity index (χ0v) is 11.7. The van der Waals surface area contributed by atoms with Gasteiger partial charge < -0.3 is 9.84 Å². The maximum atomic E-state index is 11.0. The predicted molar refractivity (Wildman–Crippen MR) is 71.5 cm³/mol. The van der Waals surface area contributed by atoms with Gasteiger partial charge in [0.15, 0.2) is 0 Å². The molecule has 100 valence electrons. The summed E-state index contributed by atoms with van der Waals surface area (Å²) in [5.41, 5.74) is 0.430. The molecule has 1 N–H and O–H groups in total. The fourth-order valence-electron chi connectivity index (χ4n) is 3.07. The maximum absolute atomic E-state index is 11.0. The molecule has 2 atom stereocenters. The summed E-state index contributed by atoms with van der Waals surface area (Å²) in [5, 5.41) is 11.0. The lowest BCUT2D eigenvalue weighted by molar-refractivity contribution is -0.0773. The molecule has 0 bridgehead atoms. The van der Waals surface area contributed by atoms with Crippen LogP contribution in [0.5, 0.6) is 5.75 Å². The predicted octanol–water partition coefficient (Wildman–Crippen LogP) is 3.12. The standard InChI is InChI=1S/C15H23NO2/c1-11-8-14(2,3)5-6-15(11,17)12-7-13(18-4)10-16-9-12/h7,9-11,17H,5-6,8H2,1-4H3. The number of hydrogen-bond acceptors (Lipinski definition) is 3. The summed E-state index contributed by atoms with van der Waals surface area (Å²) in [5.74, 6) is 0.938. The molecule has 0 spiro atoms. The SMILES string of the molecule is COc1cncc(C2(O)CCC(C)(C)CC2C)c1. The Hall–Kier alpha value is -1.09. The molecule has 0 aromatic carbocycles. The molecule has 2 unspecified atom stereocenters. The lowest BCUT2D eigenvalue weighted by atomic mass is 9.63. The Labute approximate surface area is 109 Å². The van der Waals surface area contributed by atoms with E-state index in [1.807, 2.05) is 6.07 Å². The van der Waals surface area contributed by atoms with Gasteiger partial charge in [-0.3, -0.25) is 4.98 Å². The Morgan fingerprint density at radius 2 is 2.06 bits per heavy atom. The van der Waals surface area contributed by atoms with Crippen LogP contribution in [0.4, 0.5) is 0 Å². The van der Waals surface area contributed by atoms with E-state index in [0.29, 0.717) is 11.2 Å². The molecule has 3 heteroatoms. The lowest BCUT2D eigenvalue weighted by Gasteiger charge is -2.45. The second-order valence-electron chi connectivity index (χ2n) is 6.31. The third-order valence-corrected chi connectivity index (χ3v) is 4.31. The van der Waals surface area contributed by atoms with Gasteiger partial charge >= 0.3 is 0 Å². The molecule has 0 amide bonds. The minimum atomic E-state index is -0.767. The summed E-state index contributed by atoms with van der Waals surface area (Å²) in [6.07, 6.45) is 6.28. The normalized spacial score (nSPS) is 31.1. The van der Waals surface area contributed by atoms with E-state index in [0.717, 1.165) is 24.8 Å². The highest BCUT2D eigenvalue weighted by Crippen LogP contribution is 2.48. The van der Waals surface area contributed by atoms with Crippen molar-refractivity contribution in [3.8, 4) is 5.75 Å². The molecule has 18 heavy (non-hydrogen) atoms. The zero-order valence-electron chi connectivity index (χ0n) is 11.7. The van der Waals surface area contributed by atoms with Gasteiger partial charge in [0.2, 0.25) is 0 Å². The summed E-state index contributed by atoms with van der Waals surface area (Å²) in [6, 6.07) is 1.90. The smallest absolute Gasteiger partial charge is 0.137 e. The van der Waals surface area contributed by atoms with Gasteiger partial charge in [0.1, 0.15) is 5.75 Å². The third-order valence-electron chi connectivity index (χ3n) is 4.31. The largest absolute Gasteiger partial charge is 0.495 e. The fraction of sp³-hybridized carbons (Fsp3) is 0.667. The third kappa shape index (κ3) is 2.37. The molecule has 1 heterocycles. The van der Waals surface area contributed by atoms with E-state index in [9.17, 15) is 5.11 Å². The van der Waals surface area contributed by atoms with E-state index >= 15 is 0 Å². The average molecular weight is 249 g/mol. The molecule has 1 saturated carbocycles. The van der Waals surface area contributed by atoms with Gasteiger partial charge in [-0.25, -0.2) is 0 Å². The molecule has 2 rings (SSSR count). The monoisotopic (exact) mass is 249 g/mol. The highest BCUT2D eigenvalue weighted by atomic mass is 16.5. The van der Waals surface area contributed by atoms with Crippen LogP contribution >= 0.6 is 0 Å². The van der Waals surface area contributed by atoms with Crippen LogP contribution in [-0.2, 0) is 5.60 Å². The highest BCUT2D eigenvalue weighted by molar-refractivity contribution is 5.29. The van der Waals surface area contributed by atoms with Gasteiger partial charge in [-0.2, -0.15) is 0 Å². The summed E-state index contributed by atoms with van der Waals surface area (Å²) in [7, 11) is 1.62. The minimum Gasteiger partial charge on any atom is -0.495 e. The van der Waals surface area contributed by atoms with E-state index in [4.69, 9.17) is 4.74 Å². The molecule has 1 fully saturated rings. The molecule has 1 aliphatic carbocycles. The van der Waals surface area contributed by atoms with Gasteiger partial charge in [0.05, 0.1) is 18.9 Å². The van der Waals surface area contributed by atoms with Gasteiger partial charge in [-0.05, 0) is 36.7 Å². The van der Waals surface area contributed by atoms with Crippen LogP contribution in [0.25, 0.3) is 0 Å². The Morgan fingerprint density at radius 3 is 2.67 bits per heavy atom. The van der Waals surface area contributed by atoms with Crippen molar-refractivity contribution in [1.29, 1.82) is 0 Å². The number of aliphatic hydroxyl groups is 1. The molecule has 1 aromatic rings. The summed E-state index contributed by atoms with van der Waals surface area (Å²) in [4.78, 5) is 4.16. The van der Waals surface area contributed by atoms with Crippen molar-refractivity contribution in [2.24, 2.45) is 11.3 Å². The summed E-state index contributed by atoms with van der Waals surface area (Å²) in [6.45, 7) is 6.67. The second kappa shape index (κ2) is 4.54.